The number of carbonyl (C=O) groups is 1. The summed E-state index contributed by atoms with van der Waals surface area (Å²) in [6, 6.07) is 0. The number of allylic oxidation sites excluding steroid dienone is 2. The molecule has 0 aromatic carbocycles. The first-order chi connectivity index (χ1) is 31.1. The Hall–Kier alpha value is -1.16. The van der Waals surface area contributed by atoms with Gasteiger partial charge in [0.05, 0.1) is 19.8 Å². The Morgan fingerprint density at radius 1 is 0.578 bits per heavy atom. The quantitative estimate of drug-likeness (QED) is 0.0197. The molecule has 1 fully saturated rings. The lowest BCUT2D eigenvalue weighted by Crippen LogP contribution is -2.60. The summed E-state index contributed by atoms with van der Waals surface area (Å²) in [6.07, 6.45) is 39.6. The fraction of sp³-hybridized carbons (Fsp3) is 0.941. The second kappa shape index (κ2) is 43.1. The van der Waals surface area contributed by atoms with E-state index in [4.69, 9.17) is 18.9 Å². The molecule has 12 nitrogen and oxygen atoms in total. The van der Waals surface area contributed by atoms with Gasteiger partial charge in [0.25, 0.3) is 0 Å². The SMILES string of the molecule is CCCCCCCC/C=C\CCCCCCCC(=O)OC(COCCCCCCCCCCCCCCCCCCCCCCCC)COC1OC(CO)C(O)C(OS(=O)(=O)O)C1O. The van der Waals surface area contributed by atoms with Crippen molar-refractivity contribution in [2.24, 2.45) is 0 Å². The van der Waals surface area contributed by atoms with Crippen molar-refractivity contribution in [3.63, 3.8) is 0 Å². The van der Waals surface area contributed by atoms with Gasteiger partial charge in [-0.05, 0) is 38.5 Å². The van der Waals surface area contributed by atoms with E-state index in [1.807, 2.05) is 0 Å². The second-order valence-electron chi connectivity index (χ2n) is 18.5. The molecule has 0 saturated carbocycles. The highest BCUT2D eigenvalue weighted by Crippen LogP contribution is 2.26. The monoisotopic (exact) mass is 935 g/mol. The van der Waals surface area contributed by atoms with Crippen LogP contribution in [-0.4, -0.2) is 97.5 Å². The molecule has 0 aromatic rings. The molecule has 0 bridgehead atoms. The summed E-state index contributed by atoms with van der Waals surface area (Å²) in [5.41, 5.74) is 0. The fourth-order valence-electron chi connectivity index (χ4n) is 8.38. The Morgan fingerprint density at radius 2 is 0.984 bits per heavy atom. The van der Waals surface area contributed by atoms with E-state index in [9.17, 15) is 33.1 Å². The summed E-state index contributed by atoms with van der Waals surface area (Å²) in [6.45, 7) is 4.03. The fourth-order valence-corrected chi connectivity index (χ4v) is 8.88. The molecule has 0 amide bonds. The summed E-state index contributed by atoms with van der Waals surface area (Å²) < 4.78 is 59.3. The number of ether oxygens (including phenoxy) is 4. The predicted octanol–water partition coefficient (Wildman–Crippen LogP) is 12.2. The van der Waals surface area contributed by atoms with Crippen molar-refractivity contribution >= 4 is 16.4 Å². The number of carbonyl (C=O) groups excluding carboxylic acids is 1. The van der Waals surface area contributed by atoms with Gasteiger partial charge in [-0.25, -0.2) is 4.18 Å². The van der Waals surface area contributed by atoms with Gasteiger partial charge in [-0.2, -0.15) is 8.42 Å². The van der Waals surface area contributed by atoms with Crippen LogP contribution in [0.4, 0.5) is 0 Å². The van der Waals surface area contributed by atoms with Gasteiger partial charge in [-0.3, -0.25) is 9.35 Å². The van der Waals surface area contributed by atoms with Gasteiger partial charge in [0.2, 0.25) is 0 Å². The van der Waals surface area contributed by atoms with Crippen LogP contribution in [0, 0.1) is 0 Å². The molecule has 380 valence electrons. The van der Waals surface area contributed by atoms with E-state index in [1.54, 1.807) is 0 Å². The Morgan fingerprint density at radius 3 is 1.41 bits per heavy atom. The molecule has 0 radical (unpaired) electrons. The van der Waals surface area contributed by atoms with E-state index in [1.165, 1.54) is 161 Å². The number of aliphatic hydroxyl groups is 3. The van der Waals surface area contributed by atoms with Crippen LogP contribution in [0.15, 0.2) is 12.2 Å². The minimum absolute atomic E-state index is 0.0389. The summed E-state index contributed by atoms with van der Waals surface area (Å²) in [5, 5.41) is 30.7. The predicted molar refractivity (Wildman–Crippen MR) is 258 cm³/mol. The average molecular weight is 935 g/mol. The Labute approximate surface area is 391 Å². The van der Waals surface area contributed by atoms with Gasteiger partial charge in [-0.15, -0.1) is 0 Å². The summed E-state index contributed by atoms with van der Waals surface area (Å²) >= 11 is 0. The van der Waals surface area contributed by atoms with Crippen molar-refractivity contribution in [1.82, 2.24) is 0 Å². The number of hydrogen-bond acceptors (Lipinski definition) is 11. The largest absolute Gasteiger partial charge is 0.457 e. The maximum Gasteiger partial charge on any atom is 0.397 e. The molecule has 0 spiro atoms. The molecule has 4 N–H and O–H groups in total. The summed E-state index contributed by atoms with van der Waals surface area (Å²) in [4.78, 5) is 12.9. The normalized spacial score (nSPS) is 19.8. The minimum atomic E-state index is -5.06. The van der Waals surface area contributed by atoms with Crippen LogP contribution in [0.3, 0.4) is 0 Å². The molecule has 1 heterocycles. The van der Waals surface area contributed by atoms with Crippen molar-refractivity contribution in [3.05, 3.63) is 12.2 Å². The molecule has 0 aromatic heterocycles. The third-order valence-electron chi connectivity index (χ3n) is 12.4. The van der Waals surface area contributed by atoms with Crippen LogP contribution in [0.5, 0.6) is 0 Å². The van der Waals surface area contributed by atoms with Crippen LogP contribution in [0.1, 0.15) is 245 Å². The zero-order valence-corrected chi connectivity index (χ0v) is 41.7. The van der Waals surface area contributed by atoms with E-state index < -0.39 is 59.8 Å². The highest BCUT2D eigenvalue weighted by atomic mass is 32.3. The zero-order chi connectivity index (χ0) is 46.8. The van der Waals surface area contributed by atoms with Gasteiger partial charge in [-0.1, -0.05) is 212 Å². The zero-order valence-electron chi connectivity index (χ0n) is 40.9. The van der Waals surface area contributed by atoms with Gasteiger partial charge in [0.1, 0.15) is 30.5 Å². The van der Waals surface area contributed by atoms with Crippen molar-refractivity contribution in [2.45, 2.75) is 282 Å². The van der Waals surface area contributed by atoms with Crippen LogP contribution >= 0.6 is 0 Å². The van der Waals surface area contributed by atoms with Crippen molar-refractivity contribution in [3.8, 4) is 0 Å². The van der Waals surface area contributed by atoms with Gasteiger partial charge < -0.3 is 34.3 Å². The lowest BCUT2D eigenvalue weighted by molar-refractivity contribution is -0.301. The molecule has 1 rings (SSSR count). The van der Waals surface area contributed by atoms with E-state index in [0.717, 1.165) is 57.8 Å². The maximum atomic E-state index is 12.9. The third-order valence-corrected chi connectivity index (χ3v) is 12.9. The molecule has 13 heteroatoms. The standard InChI is InChI=1S/C51H98O12S/c1-3-5-7-9-11-13-15-17-19-20-21-22-23-24-25-27-29-31-33-35-37-39-41-59-43-45(44-60-51-49(55)50(63-64(56,57)58)48(54)46(42-52)62-51)61-47(53)40-38-36-34-32-30-28-26-18-16-14-12-10-8-6-4-2/h18,26,45-46,48-52,54-55H,3-17,19-25,27-44H2,1-2H3,(H,56,57,58)/b26-18-. The van der Waals surface area contributed by atoms with Gasteiger partial charge >= 0.3 is 16.4 Å². The topological polar surface area (TPSA) is 178 Å². The van der Waals surface area contributed by atoms with E-state index in [0.29, 0.717) is 13.0 Å². The summed E-state index contributed by atoms with van der Waals surface area (Å²) in [7, 11) is -5.06. The molecule has 6 unspecified atom stereocenters. The molecule has 1 saturated heterocycles. The number of esters is 1. The van der Waals surface area contributed by atoms with Gasteiger partial charge in [0.15, 0.2) is 6.29 Å². The smallest absolute Gasteiger partial charge is 0.397 e. The molecular formula is C51H98O12S. The highest BCUT2D eigenvalue weighted by Gasteiger charge is 2.48. The Bertz CT molecular complexity index is 1170. The second-order valence-corrected chi connectivity index (χ2v) is 19.5. The Kier molecular flexibility index (Phi) is 41.0. The first kappa shape index (κ1) is 60.9. The van der Waals surface area contributed by atoms with E-state index in [-0.39, 0.29) is 19.6 Å². The number of unbranched alkanes of at least 4 members (excludes halogenated alkanes) is 32. The van der Waals surface area contributed by atoms with E-state index in [2.05, 4.69) is 30.2 Å². The summed E-state index contributed by atoms with van der Waals surface area (Å²) in [5.74, 6) is -0.402. The van der Waals surface area contributed by atoms with E-state index >= 15 is 0 Å². The first-order valence-corrected chi connectivity index (χ1v) is 27.8. The number of aliphatic hydroxyl groups excluding tert-OH is 3. The van der Waals surface area contributed by atoms with Gasteiger partial charge in [0, 0.05) is 13.0 Å². The van der Waals surface area contributed by atoms with Crippen LogP contribution in [-0.2, 0) is 38.3 Å². The molecule has 1 aliphatic rings. The minimum Gasteiger partial charge on any atom is -0.457 e. The lowest BCUT2D eigenvalue weighted by Gasteiger charge is -2.41. The number of hydrogen-bond donors (Lipinski definition) is 4. The lowest BCUT2D eigenvalue weighted by atomic mass is 9.99. The molecule has 6 atom stereocenters. The van der Waals surface area contributed by atoms with Crippen molar-refractivity contribution in [2.75, 3.05) is 26.4 Å². The first-order valence-electron chi connectivity index (χ1n) is 26.4. The van der Waals surface area contributed by atoms with Crippen LogP contribution < -0.4 is 0 Å². The van der Waals surface area contributed by atoms with Crippen LogP contribution in [0.25, 0.3) is 0 Å². The number of rotatable bonds is 47. The molecule has 1 aliphatic heterocycles. The molecule has 64 heavy (non-hydrogen) atoms. The van der Waals surface area contributed by atoms with Crippen LogP contribution in [0.2, 0.25) is 0 Å². The van der Waals surface area contributed by atoms with Crippen molar-refractivity contribution in [1.29, 1.82) is 0 Å². The highest BCUT2D eigenvalue weighted by molar-refractivity contribution is 7.80. The third kappa shape index (κ3) is 36.0. The maximum absolute atomic E-state index is 12.9. The average Bonchev–Trinajstić information content (AvgIpc) is 3.27. The van der Waals surface area contributed by atoms with Crippen molar-refractivity contribution < 1.29 is 56.2 Å². The molecule has 0 aliphatic carbocycles. The molecular weight excluding hydrogens is 837 g/mol. The Balaban J connectivity index is 2.32.